The van der Waals surface area contributed by atoms with Gasteiger partial charge in [0.15, 0.2) is 0 Å². The van der Waals surface area contributed by atoms with E-state index < -0.39 is 17.9 Å². The molecule has 0 spiro atoms. The van der Waals surface area contributed by atoms with Gasteiger partial charge in [-0.1, -0.05) is 26.7 Å². The molecule has 94 valence electrons. The molecule has 0 fully saturated rings. The zero-order chi connectivity index (χ0) is 12.6. The van der Waals surface area contributed by atoms with Gasteiger partial charge in [0.05, 0.1) is 12.0 Å². The number of unbranched alkanes of at least 4 members (excludes halogenated alkanes) is 1. The predicted octanol–water partition coefficient (Wildman–Crippen LogP) is 0.731. The first-order valence-corrected chi connectivity index (χ1v) is 5.79. The molecule has 0 heterocycles. The van der Waals surface area contributed by atoms with Crippen molar-refractivity contribution in [2.45, 2.75) is 45.6 Å². The standard InChI is InChI=1S/C11H22N2O3/c1-3-5-6-9(12)10(14)13-7-8(4-2)11(15)16/h8-9H,3-7,12H2,1-2H3,(H,13,14)(H,15,16)/t8?,9-/m0/s1. The smallest absolute Gasteiger partial charge is 0.308 e. The Morgan fingerprint density at radius 1 is 1.38 bits per heavy atom. The second-order valence-corrected chi connectivity index (χ2v) is 3.94. The lowest BCUT2D eigenvalue weighted by Crippen LogP contribution is -2.43. The minimum Gasteiger partial charge on any atom is -0.481 e. The van der Waals surface area contributed by atoms with Gasteiger partial charge in [0.25, 0.3) is 0 Å². The fraction of sp³-hybridized carbons (Fsp3) is 0.818. The van der Waals surface area contributed by atoms with E-state index in [0.717, 1.165) is 12.8 Å². The molecule has 0 bridgehead atoms. The number of carbonyl (C=O) groups is 2. The van der Waals surface area contributed by atoms with E-state index in [9.17, 15) is 9.59 Å². The number of carboxylic acid groups (broad SMARTS) is 1. The molecule has 0 aromatic rings. The highest BCUT2D eigenvalue weighted by Gasteiger charge is 2.18. The summed E-state index contributed by atoms with van der Waals surface area (Å²) in [6.07, 6.45) is 3.05. The van der Waals surface area contributed by atoms with Crippen LogP contribution in [0.3, 0.4) is 0 Å². The van der Waals surface area contributed by atoms with Crippen LogP contribution >= 0.6 is 0 Å². The van der Waals surface area contributed by atoms with Crippen molar-refractivity contribution in [2.24, 2.45) is 11.7 Å². The molecule has 5 nitrogen and oxygen atoms in total. The van der Waals surface area contributed by atoms with Crippen LogP contribution in [0.15, 0.2) is 0 Å². The van der Waals surface area contributed by atoms with Gasteiger partial charge in [-0.05, 0) is 12.8 Å². The van der Waals surface area contributed by atoms with Gasteiger partial charge in [-0.2, -0.15) is 0 Å². The van der Waals surface area contributed by atoms with Gasteiger partial charge in [0, 0.05) is 6.54 Å². The number of nitrogens with one attached hydrogen (secondary N) is 1. The molecule has 0 saturated carbocycles. The van der Waals surface area contributed by atoms with Crippen molar-refractivity contribution in [1.29, 1.82) is 0 Å². The van der Waals surface area contributed by atoms with Gasteiger partial charge in [-0.15, -0.1) is 0 Å². The lowest BCUT2D eigenvalue weighted by Gasteiger charge is -2.14. The normalized spacial score (nSPS) is 14.2. The maximum Gasteiger partial charge on any atom is 0.308 e. The third-order valence-electron chi connectivity index (χ3n) is 2.57. The van der Waals surface area contributed by atoms with Gasteiger partial charge in [0.1, 0.15) is 0 Å². The number of nitrogens with two attached hydrogens (primary N) is 1. The van der Waals surface area contributed by atoms with Gasteiger partial charge in [-0.25, -0.2) is 0 Å². The highest BCUT2D eigenvalue weighted by atomic mass is 16.4. The second-order valence-electron chi connectivity index (χ2n) is 3.94. The molecule has 2 atom stereocenters. The largest absolute Gasteiger partial charge is 0.481 e. The van der Waals surface area contributed by atoms with E-state index in [4.69, 9.17) is 10.8 Å². The summed E-state index contributed by atoms with van der Waals surface area (Å²) >= 11 is 0. The maximum absolute atomic E-state index is 11.5. The van der Waals surface area contributed by atoms with E-state index in [2.05, 4.69) is 5.32 Å². The number of aliphatic carboxylic acids is 1. The number of hydrogen-bond donors (Lipinski definition) is 3. The zero-order valence-corrected chi connectivity index (χ0v) is 10.0. The van der Waals surface area contributed by atoms with Crippen molar-refractivity contribution >= 4 is 11.9 Å². The van der Waals surface area contributed by atoms with Crippen molar-refractivity contribution in [3.05, 3.63) is 0 Å². The van der Waals surface area contributed by atoms with Gasteiger partial charge in [-0.3, -0.25) is 9.59 Å². The molecule has 5 heteroatoms. The summed E-state index contributed by atoms with van der Waals surface area (Å²) < 4.78 is 0. The number of hydrogen-bond acceptors (Lipinski definition) is 3. The van der Waals surface area contributed by atoms with E-state index in [1.807, 2.05) is 6.92 Å². The molecule has 0 rings (SSSR count). The Bertz CT molecular complexity index is 231. The summed E-state index contributed by atoms with van der Waals surface area (Å²) in [4.78, 5) is 22.2. The fourth-order valence-corrected chi connectivity index (χ4v) is 1.32. The molecular formula is C11H22N2O3. The molecule has 0 aliphatic rings. The Morgan fingerprint density at radius 3 is 2.44 bits per heavy atom. The second kappa shape index (κ2) is 8.10. The fourth-order valence-electron chi connectivity index (χ4n) is 1.32. The highest BCUT2D eigenvalue weighted by Crippen LogP contribution is 2.02. The van der Waals surface area contributed by atoms with Gasteiger partial charge >= 0.3 is 5.97 Å². The van der Waals surface area contributed by atoms with Crippen LogP contribution in [0.25, 0.3) is 0 Å². The minimum absolute atomic E-state index is 0.157. The van der Waals surface area contributed by atoms with Crippen molar-refractivity contribution in [3.8, 4) is 0 Å². The molecule has 1 amide bonds. The number of carboxylic acids is 1. The Kier molecular flexibility index (Phi) is 7.54. The first kappa shape index (κ1) is 14.9. The van der Waals surface area contributed by atoms with Crippen LogP contribution in [0.2, 0.25) is 0 Å². The van der Waals surface area contributed by atoms with Crippen LogP contribution < -0.4 is 11.1 Å². The van der Waals surface area contributed by atoms with Crippen molar-refractivity contribution in [2.75, 3.05) is 6.54 Å². The van der Waals surface area contributed by atoms with Gasteiger partial charge in [0.2, 0.25) is 5.91 Å². The third-order valence-corrected chi connectivity index (χ3v) is 2.57. The molecule has 0 aliphatic carbocycles. The Balaban J connectivity index is 3.91. The topological polar surface area (TPSA) is 92.4 Å². The summed E-state index contributed by atoms with van der Waals surface area (Å²) in [6.45, 7) is 3.97. The van der Waals surface area contributed by atoms with E-state index in [-0.39, 0.29) is 12.5 Å². The van der Waals surface area contributed by atoms with Gasteiger partial charge < -0.3 is 16.2 Å². The molecule has 0 aromatic heterocycles. The minimum atomic E-state index is -0.884. The number of rotatable bonds is 8. The van der Waals surface area contributed by atoms with Crippen LogP contribution in [0, 0.1) is 5.92 Å². The van der Waals surface area contributed by atoms with Crippen molar-refractivity contribution < 1.29 is 14.7 Å². The highest BCUT2D eigenvalue weighted by molar-refractivity contribution is 5.82. The van der Waals surface area contributed by atoms with E-state index in [1.165, 1.54) is 0 Å². The molecule has 0 saturated heterocycles. The molecule has 0 aromatic carbocycles. The van der Waals surface area contributed by atoms with E-state index in [1.54, 1.807) is 6.92 Å². The summed E-state index contributed by atoms with van der Waals surface area (Å²) in [5, 5.41) is 11.4. The van der Waals surface area contributed by atoms with Crippen molar-refractivity contribution in [3.63, 3.8) is 0 Å². The maximum atomic E-state index is 11.5. The predicted molar refractivity (Wildman–Crippen MR) is 61.9 cm³/mol. The molecule has 0 radical (unpaired) electrons. The van der Waals surface area contributed by atoms with Crippen LogP contribution in [-0.4, -0.2) is 29.6 Å². The molecular weight excluding hydrogens is 208 g/mol. The van der Waals surface area contributed by atoms with Crippen LogP contribution in [-0.2, 0) is 9.59 Å². The quantitative estimate of drug-likeness (QED) is 0.573. The Labute approximate surface area is 96.4 Å². The monoisotopic (exact) mass is 230 g/mol. The summed E-state index contributed by atoms with van der Waals surface area (Å²) in [6, 6.07) is -0.522. The van der Waals surface area contributed by atoms with Crippen LogP contribution in [0.1, 0.15) is 39.5 Å². The van der Waals surface area contributed by atoms with Crippen LogP contribution in [0.5, 0.6) is 0 Å². The average molecular weight is 230 g/mol. The molecule has 0 aliphatic heterocycles. The Hall–Kier alpha value is -1.10. The molecule has 1 unspecified atom stereocenters. The lowest BCUT2D eigenvalue weighted by atomic mass is 10.1. The van der Waals surface area contributed by atoms with E-state index in [0.29, 0.717) is 12.8 Å². The summed E-state index contributed by atoms with van der Waals surface area (Å²) in [5.41, 5.74) is 5.65. The average Bonchev–Trinajstić information content (AvgIpc) is 2.25. The SMILES string of the molecule is CCCC[C@H](N)C(=O)NCC(CC)C(=O)O. The number of carbonyl (C=O) groups excluding carboxylic acids is 1. The van der Waals surface area contributed by atoms with E-state index >= 15 is 0 Å². The summed E-state index contributed by atoms with van der Waals surface area (Å²) in [7, 11) is 0. The number of amides is 1. The lowest BCUT2D eigenvalue weighted by molar-refractivity contribution is -0.141. The Morgan fingerprint density at radius 2 is 2.00 bits per heavy atom. The third kappa shape index (κ3) is 5.70. The zero-order valence-electron chi connectivity index (χ0n) is 10.0. The molecule has 16 heavy (non-hydrogen) atoms. The van der Waals surface area contributed by atoms with Crippen molar-refractivity contribution in [1.82, 2.24) is 5.32 Å². The van der Waals surface area contributed by atoms with Crippen LogP contribution in [0.4, 0.5) is 0 Å². The first-order valence-electron chi connectivity index (χ1n) is 5.79. The first-order chi connectivity index (χ1) is 7.52. The molecule has 4 N–H and O–H groups in total. The summed E-state index contributed by atoms with van der Waals surface area (Å²) in [5.74, 6) is -1.67.